The molecule has 0 aliphatic rings. The zero-order valence-electron chi connectivity index (χ0n) is 2.28. The van der Waals surface area contributed by atoms with Gasteiger partial charge in [0.15, 0.2) is 0 Å². The van der Waals surface area contributed by atoms with Gasteiger partial charge in [-0.3, -0.25) is 0 Å². The van der Waals surface area contributed by atoms with E-state index in [2.05, 4.69) is 0 Å². The predicted molar refractivity (Wildman–Crippen MR) is 24.3 cm³/mol. The van der Waals surface area contributed by atoms with E-state index in [0.29, 0.717) is 0 Å². The van der Waals surface area contributed by atoms with Gasteiger partial charge in [-0.15, -0.1) is 0 Å². The van der Waals surface area contributed by atoms with Crippen LogP contribution < -0.4 is 0 Å². The Morgan fingerprint density at radius 1 is 0.750 bits per heavy atom. The summed E-state index contributed by atoms with van der Waals surface area (Å²) in [5.74, 6) is 0. The second kappa shape index (κ2) is 24.0. The Balaban J connectivity index is 0. The molecule has 0 aromatic heterocycles. The molecule has 0 bridgehead atoms. The first kappa shape index (κ1) is 48.3. The minimum absolute atomic E-state index is 0. The maximum absolute atomic E-state index is 0. The SMILES string of the molecule is O.O.[SbH2].[SnH2]. The van der Waals surface area contributed by atoms with E-state index in [-0.39, 0.29) is 59.3 Å². The molecule has 0 aromatic rings. The van der Waals surface area contributed by atoms with Crippen LogP contribution in [0.3, 0.4) is 0 Å². The van der Waals surface area contributed by atoms with E-state index in [0.717, 1.165) is 0 Å². The Kier molecular flexibility index (Phi) is 290. The van der Waals surface area contributed by atoms with Gasteiger partial charge in [-0.2, -0.15) is 0 Å². The Labute approximate surface area is 59.0 Å². The topological polar surface area (TPSA) is 63.0 Å². The van der Waals surface area contributed by atoms with E-state index in [1.807, 2.05) is 0 Å². The number of hydrogen-bond donors (Lipinski definition) is 0. The van der Waals surface area contributed by atoms with E-state index < -0.39 is 0 Å². The van der Waals surface area contributed by atoms with Crippen molar-refractivity contribution in [3.05, 3.63) is 0 Å². The van der Waals surface area contributed by atoms with Crippen molar-refractivity contribution in [3.8, 4) is 0 Å². The summed E-state index contributed by atoms with van der Waals surface area (Å²) in [5, 5.41) is 0. The predicted octanol–water partition coefficient (Wildman–Crippen LogP) is -3.48. The van der Waals surface area contributed by atoms with E-state index in [1.54, 1.807) is 0 Å². The molecule has 0 aromatic carbocycles. The van der Waals surface area contributed by atoms with Crippen LogP contribution in [0.4, 0.5) is 0 Å². The van der Waals surface area contributed by atoms with Gasteiger partial charge in [0.05, 0.1) is 0 Å². The van der Waals surface area contributed by atoms with Gasteiger partial charge in [0.1, 0.15) is 0 Å². The quantitative estimate of drug-likeness (QED) is 0.414. The molecule has 4 heavy (non-hydrogen) atoms. The normalized spacial score (nSPS) is 0. The molecule has 4 N–H and O–H groups in total. The van der Waals surface area contributed by atoms with Crippen LogP contribution >= 0.6 is 0 Å². The third-order valence-electron chi connectivity index (χ3n) is 0. The van der Waals surface area contributed by atoms with Crippen LogP contribution in [0.25, 0.3) is 0 Å². The van der Waals surface area contributed by atoms with Crippen LogP contribution in [0, 0.1) is 0 Å². The van der Waals surface area contributed by atoms with Gasteiger partial charge in [0.25, 0.3) is 0 Å². The van der Waals surface area contributed by atoms with Crippen LogP contribution in [0.1, 0.15) is 0 Å². The van der Waals surface area contributed by atoms with E-state index in [4.69, 9.17) is 0 Å². The molecular formula is H8O2SbSn. The Hall–Kier alpha value is 1.54. The van der Waals surface area contributed by atoms with Crippen LogP contribution in [0.15, 0.2) is 0 Å². The molecule has 0 saturated heterocycles. The number of rotatable bonds is 0. The van der Waals surface area contributed by atoms with Gasteiger partial charge in [-0.05, 0) is 0 Å². The van der Waals surface area contributed by atoms with Crippen molar-refractivity contribution in [1.82, 2.24) is 0 Å². The van der Waals surface area contributed by atoms with E-state index in [9.17, 15) is 0 Å². The second-order valence-corrected chi connectivity index (χ2v) is 0. The third-order valence-corrected chi connectivity index (χ3v) is 0. The Morgan fingerprint density at radius 2 is 0.750 bits per heavy atom. The van der Waals surface area contributed by atoms with Crippen molar-refractivity contribution in [2.75, 3.05) is 0 Å². The molecule has 4 heteroatoms. The zero-order valence-corrected chi connectivity index (χ0v) is 9.62. The van der Waals surface area contributed by atoms with Gasteiger partial charge in [0, 0.05) is 0 Å². The van der Waals surface area contributed by atoms with Crippen LogP contribution in [0.2, 0.25) is 0 Å². The molecule has 0 unspecified atom stereocenters. The second-order valence-electron chi connectivity index (χ2n) is 0. The molecule has 2 nitrogen and oxygen atoms in total. The molecule has 0 saturated carbocycles. The summed E-state index contributed by atoms with van der Waals surface area (Å²) >= 11 is 0. The van der Waals surface area contributed by atoms with Gasteiger partial charge in [0.2, 0.25) is 0 Å². The molecule has 0 fully saturated rings. The van der Waals surface area contributed by atoms with Crippen LogP contribution in [-0.4, -0.2) is 59.3 Å². The molecule has 0 aliphatic heterocycles. The molecule has 0 amide bonds. The van der Waals surface area contributed by atoms with Gasteiger partial charge in [-0.25, -0.2) is 0 Å². The molecular weight excluding hydrogens is 272 g/mol. The first-order valence-corrected chi connectivity index (χ1v) is 0. The Morgan fingerprint density at radius 3 is 0.750 bits per heavy atom. The zero-order chi connectivity index (χ0) is 0. The summed E-state index contributed by atoms with van der Waals surface area (Å²) in [6, 6.07) is 0. The fraction of sp³-hybridized carbons (Fsp3) is 0. The molecule has 0 heterocycles. The molecule has 3 radical (unpaired) electrons. The van der Waals surface area contributed by atoms with Crippen molar-refractivity contribution in [3.63, 3.8) is 0 Å². The third kappa shape index (κ3) is 9.64. The molecule has 29 valence electrons. The maximum atomic E-state index is 0. The molecule has 0 atom stereocenters. The number of hydrogen-bond acceptors (Lipinski definition) is 0. The van der Waals surface area contributed by atoms with Crippen LogP contribution in [0.5, 0.6) is 0 Å². The van der Waals surface area contributed by atoms with Crippen molar-refractivity contribution in [2.24, 2.45) is 0 Å². The average molecular weight is 281 g/mol. The van der Waals surface area contributed by atoms with E-state index in [1.165, 1.54) is 0 Å². The summed E-state index contributed by atoms with van der Waals surface area (Å²) in [4.78, 5) is 0. The summed E-state index contributed by atoms with van der Waals surface area (Å²) in [6.07, 6.45) is 0. The monoisotopic (exact) mass is 281 g/mol. The minimum atomic E-state index is 0. The molecule has 0 aliphatic carbocycles. The average Bonchev–Trinajstić information content (AvgIpc) is 0. The Bertz CT molecular complexity index is 6.00. The first-order valence-electron chi connectivity index (χ1n) is 0. The fourth-order valence-corrected chi connectivity index (χ4v) is 0. The standard InChI is InChI=1S/2H2O.Sb.Sn.4H/h2*1H2;;;;;;. The van der Waals surface area contributed by atoms with Crippen molar-refractivity contribution < 1.29 is 11.0 Å². The fourth-order valence-electron chi connectivity index (χ4n) is 0. The van der Waals surface area contributed by atoms with Gasteiger partial charge in [-0.1, -0.05) is 0 Å². The summed E-state index contributed by atoms with van der Waals surface area (Å²) in [5.41, 5.74) is 0. The summed E-state index contributed by atoms with van der Waals surface area (Å²) < 4.78 is 0. The first-order chi connectivity index (χ1) is 0. The van der Waals surface area contributed by atoms with Crippen molar-refractivity contribution in [2.45, 2.75) is 0 Å². The summed E-state index contributed by atoms with van der Waals surface area (Å²) in [7, 11) is 0. The van der Waals surface area contributed by atoms with Gasteiger partial charge >= 0.3 is 48.3 Å². The van der Waals surface area contributed by atoms with E-state index >= 15 is 0 Å². The van der Waals surface area contributed by atoms with Gasteiger partial charge < -0.3 is 11.0 Å². The van der Waals surface area contributed by atoms with Crippen LogP contribution in [-0.2, 0) is 0 Å². The molecule has 0 spiro atoms. The summed E-state index contributed by atoms with van der Waals surface area (Å²) in [6.45, 7) is 0. The van der Waals surface area contributed by atoms with Crippen molar-refractivity contribution in [1.29, 1.82) is 0 Å². The van der Waals surface area contributed by atoms with Crippen molar-refractivity contribution >= 4 is 48.3 Å². The molecule has 0 rings (SSSR count).